The van der Waals surface area contributed by atoms with E-state index in [2.05, 4.69) is 5.32 Å². The number of furan rings is 1. The number of nitrogens with one attached hydrogen (secondary N) is 1. The molecule has 2 N–H and O–H groups in total. The minimum atomic E-state index is 0.195. The first kappa shape index (κ1) is 12.9. The van der Waals surface area contributed by atoms with Crippen LogP contribution in [0.1, 0.15) is 12.7 Å². The van der Waals surface area contributed by atoms with Gasteiger partial charge in [0.25, 0.3) is 0 Å². The van der Waals surface area contributed by atoms with Crippen LogP contribution in [0.2, 0.25) is 0 Å². The largest absolute Gasteiger partial charge is 0.493 e. The van der Waals surface area contributed by atoms with Gasteiger partial charge in [0.1, 0.15) is 5.76 Å². The molecule has 2 rings (SSSR count). The number of hydrogen-bond donors (Lipinski definition) is 2. The standard InChI is InChI=1S/C14H19NO3/c1-10(9-16)7-15-8-12-6-11-4-3-5-13(17-2)14(11)18-12/h3-6,10,15-16H,7-9H2,1-2H3. The van der Waals surface area contributed by atoms with E-state index in [1.165, 1.54) is 0 Å². The number of rotatable bonds is 6. The molecule has 18 heavy (non-hydrogen) atoms. The number of methoxy groups -OCH3 is 1. The van der Waals surface area contributed by atoms with Crippen LogP contribution in [0.4, 0.5) is 0 Å². The average Bonchev–Trinajstić information content (AvgIpc) is 2.80. The van der Waals surface area contributed by atoms with Crippen LogP contribution in [0.5, 0.6) is 5.75 Å². The zero-order chi connectivity index (χ0) is 13.0. The van der Waals surface area contributed by atoms with Gasteiger partial charge in [-0.2, -0.15) is 0 Å². The van der Waals surface area contributed by atoms with Gasteiger partial charge in [0.2, 0.25) is 0 Å². The van der Waals surface area contributed by atoms with Crippen LogP contribution in [-0.2, 0) is 6.54 Å². The van der Waals surface area contributed by atoms with Gasteiger partial charge in [0, 0.05) is 18.5 Å². The number of hydrogen-bond acceptors (Lipinski definition) is 4. The maximum atomic E-state index is 8.93. The molecule has 2 aromatic rings. The van der Waals surface area contributed by atoms with Gasteiger partial charge in [-0.15, -0.1) is 0 Å². The number of ether oxygens (including phenoxy) is 1. The van der Waals surface area contributed by atoms with Crippen molar-refractivity contribution in [3.05, 3.63) is 30.0 Å². The first-order valence-electron chi connectivity index (χ1n) is 6.11. The van der Waals surface area contributed by atoms with Crippen LogP contribution < -0.4 is 10.1 Å². The molecule has 0 fully saturated rings. The highest BCUT2D eigenvalue weighted by Gasteiger charge is 2.08. The molecule has 0 spiro atoms. The van der Waals surface area contributed by atoms with Crippen molar-refractivity contribution in [1.82, 2.24) is 5.32 Å². The molecule has 0 aliphatic rings. The van der Waals surface area contributed by atoms with Gasteiger partial charge >= 0.3 is 0 Å². The van der Waals surface area contributed by atoms with Gasteiger partial charge in [-0.05, 0) is 18.1 Å². The third-order valence-electron chi connectivity index (χ3n) is 2.88. The number of para-hydroxylation sites is 1. The molecule has 1 unspecified atom stereocenters. The highest BCUT2D eigenvalue weighted by molar-refractivity contribution is 5.83. The number of benzene rings is 1. The van der Waals surface area contributed by atoms with E-state index in [1.54, 1.807) is 7.11 Å². The van der Waals surface area contributed by atoms with E-state index in [0.717, 1.165) is 29.0 Å². The van der Waals surface area contributed by atoms with E-state index in [1.807, 2.05) is 31.2 Å². The van der Waals surface area contributed by atoms with Crippen molar-refractivity contribution in [3.63, 3.8) is 0 Å². The number of aliphatic hydroxyl groups is 1. The Kier molecular flexibility index (Phi) is 4.23. The zero-order valence-electron chi connectivity index (χ0n) is 10.8. The fraction of sp³-hybridized carbons (Fsp3) is 0.429. The van der Waals surface area contributed by atoms with Crippen molar-refractivity contribution in [2.75, 3.05) is 20.3 Å². The van der Waals surface area contributed by atoms with Crippen molar-refractivity contribution >= 4 is 11.0 Å². The Morgan fingerprint density at radius 2 is 2.28 bits per heavy atom. The summed E-state index contributed by atoms with van der Waals surface area (Å²) < 4.78 is 11.0. The van der Waals surface area contributed by atoms with Crippen LogP contribution in [-0.4, -0.2) is 25.4 Å². The molecule has 1 atom stereocenters. The smallest absolute Gasteiger partial charge is 0.176 e. The van der Waals surface area contributed by atoms with E-state index in [4.69, 9.17) is 14.3 Å². The molecule has 0 saturated carbocycles. The molecule has 0 aliphatic heterocycles. The number of aliphatic hydroxyl groups excluding tert-OH is 1. The van der Waals surface area contributed by atoms with Crippen LogP contribution in [0, 0.1) is 5.92 Å². The second kappa shape index (κ2) is 5.89. The lowest BCUT2D eigenvalue weighted by molar-refractivity contribution is 0.233. The summed E-state index contributed by atoms with van der Waals surface area (Å²) in [5.41, 5.74) is 0.784. The van der Waals surface area contributed by atoms with Gasteiger partial charge in [-0.1, -0.05) is 19.1 Å². The van der Waals surface area contributed by atoms with Crippen molar-refractivity contribution in [1.29, 1.82) is 0 Å². The third kappa shape index (κ3) is 2.83. The Balaban J connectivity index is 2.06. The predicted octanol–water partition coefficient (Wildman–Crippen LogP) is 2.16. The normalized spacial score (nSPS) is 12.8. The zero-order valence-corrected chi connectivity index (χ0v) is 10.8. The van der Waals surface area contributed by atoms with Gasteiger partial charge in [-0.25, -0.2) is 0 Å². The summed E-state index contributed by atoms with van der Waals surface area (Å²) in [6.45, 7) is 3.61. The van der Waals surface area contributed by atoms with Crippen LogP contribution >= 0.6 is 0 Å². The topological polar surface area (TPSA) is 54.6 Å². The van der Waals surface area contributed by atoms with Gasteiger partial charge in [0.15, 0.2) is 11.3 Å². The van der Waals surface area contributed by atoms with Gasteiger partial charge in [0.05, 0.1) is 13.7 Å². The summed E-state index contributed by atoms with van der Waals surface area (Å²) in [6, 6.07) is 7.84. The van der Waals surface area contributed by atoms with Crippen molar-refractivity contribution in [3.8, 4) is 5.75 Å². The summed E-state index contributed by atoms with van der Waals surface area (Å²) in [5, 5.41) is 13.2. The molecule has 0 saturated heterocycles. The lowest BCUT2D eigenvalue weighted by Crippen LogP contribution is -2.22. The molecule has 0 aliphatic carbocycles. The minimum absolute atomic E-state index is 0.195. The first-order valence-corrected chi connectivity index (χ1v) is 6.11. The van der Waals surface area contributed by atoms with Gasteiger partial charge < -0.3 is 19.6 Å². The Morgan fingerprint density at radius 1 is 1.44 bits per heavy atom. The SMILES string of the molecule is COc1cccc2cc(CNCC(C)CO)oc12. The Bertz CT molecular complexity index is 507. The highest BCUT2D eigenvalue weighted by atomic mass is 16.5. The monoisotopic (exact) mass is 249 g/mol. The molecular formula is C14H19NO3. The second-order valence-electron chi connectivity index (χ2n) is 4.51. The van der Waals surface area contributed by atoms with Crippen LogP contribution in [0.15, 0.2) is 28.7 Å². The minimum Gasteiger partial charge on any atom is -0.493 e. The molecule has 4 heteroatoms. The van der Waals surface area contributed by atoms with Crippen molar-refractivity contribution < 1.29 is 14.3 Å². The maximum absolute atomic E-state index is 8.93. The van der Waals surface area contributed by atoms with E-state index >= 15 is 0 Å². The molecule has 0 bridgehead atoms. The molecule has 0 amide bonds. The summed E-state index contributed by atoms with van der Waals surface area (Å²) in [4.78, 5) is 0. The predicted molar refractivity (Wildman–Crippen MR) is 70.7 cm³/mol. The quantitative estimate of drug-likeness (QED) is 0.823. The van der Waals surface area contributed by atoms with Gasteiger partial charge in [-0.3, -0.25) is 0 Å². The van der Waals surface area contributed by atoms with E-state index < -0.39 is 0 Å². The van der Waals surface area contributed by atoms with Crippen molar-refractivity contribution in [2.24, 2.45) is 5.92 Å². The highest BCUT2D eigenvalue weighted by Crippen LogP contribution is 2.28. The summed E-state index contributed by atoms with van der Waals surface area (Å²) >= 11 is 0. The molecule has 1 aromatic carbocycles. The molecule has 1 aromatic heterocycles. The second-order valence-corrected chi connectivity index (χ2v) is 4.51. The van der Waals surface area contributed by atoms with E-state index in [-0.39, 0.29) is 12.5 Å². The summed E-state index contributed by atoms with van der Waals surface area (Å²) in [5.74, 6) is 1.88. The Morgan fingerprint density at radius 3 is 3.00 bits per heavy atom. The molecular weight excluding hydrogens is 230 g/mol. The summed E-state index contributed by atoms with van der Waals surface area (Å²) in [7, 11) is 1.64. The Labute approximate surface area is 107 Å². The van der Waals surface area contributed by atoms with Crippen molar-refractivity contribution in [2.45, 2.75) is 13.5 Å². The molecule has 98 valence electrons. The fourth-order valence-corrected chi connectivity index (χ4v) is 1.84. The number of fused-ring (bicyclic) bond motifs is 1. The first-order chi connectivity index (χ1) is 8.74. The van der Waals surface area contributed by atoms with E-state index in [0.29, 0.717) is 6.54 Å². The van der Waals surface area contributed by atoms with Crippen LogP contribution in [0.25, 0.3) is 11.0 Å². The molecule has 0 radical (unpaired) electrons. The molecule has 4 nitrogen and oxygen atoms in total. The lowest BCUT2D eigenvalue weighted by atomic mass is 10.2. The average molecular weight is 249 g/mol. The lowest BCUT2D eigenvalue weighted by Gasteiger charge is -2.07. The fourth-order valence-electron chi connectivity index (χ4n) is 1.84. The third-order valence-corrected chi connectivity index (χ3v) is 2.88. The van der Waals surface area contributed by atoms with Crippen LogP contribution in [0.3, 0.4) is 0 Å². The summed E-state index contributed by atoms with van der Waals surface area (Å²) in [6.07, 6.45) is 0. The van der Waals surface area contributed by atoms with E-state index in [9.17, 15) is 0 Å². The molecule has 1 heterocycles. The Hall–Kier alpha value is -1.52. The maximum Gasteiger partial charge on any atom is 0.176 e.